The number of benzene rings is 1. The molecular formula is C14H16ClN3O3. The number of carbonyl (C=O) groups excluding carboxylic acids is 1. The van der Waals surface area contributed by atoms with Crippen LogP contribution in [0.1, 0.15) is 25.0 Å². The van der Waals surface area contributed by atoms with Crippen LogP contribution in [0.25, 0.3) is 11.0 Å². The van der Waals surface area contributed by atoms with E-state index >= 15 is 0 Å². The summed E-state index contributed by atoms with van der Waals surface area (Å²) >= 11 is 5.79. The van der Waals surface area contributed by atoms with E-state index in [4.69, 9.17) is 11.6 Å². The number of aliphatic hydroxyl groups excluding tert-OH is 2. The molecule has 0 saturated carbocycles. The first-order valence-electron chi connectivity index (χ1n) is 6.50. The van der Waals surface area contributed by atoms with Crippen molar-refractivity contribution in [1.82, 2.24) is 15.3 Å². The average molecular weight is 310 g/mol. The Kier molecular flexibility index (Phi) is 5.06. The van der Waals surface area contributed by atoms with E-state index in [0.29, 0.717) is 23.1 Å². The second-order valence-corrected chi connectivity index (χ2v) is 5.11. The number of aliphatic hydroxyl groups is 2. The van der Waals surface area contributed by atoms with Crippen LogP contribution in [0.3, 0.4) is 0 Å². The molecule has 21 heavy (non-hydrogen) atoms. The molecule has 7 heteroatoms. The van der Waals surface area contributed by atoms with Crippen molar-refractivity contribution in [1.29, 1.82) is 0 Å². The molecule has 1 heterocycles. The maximum atomic E-state index is 10.8. The van der Waals surface area contributed by atoms with Gasteiger partial charge in [0.05, 0.1) is 23.3 Å². The van der Waals surface area contributed by atoms with Gasteiger partial charge in [0, 0.05) is 13.5 Å². The van der Waals surface area contributed by atoms with Crippen molar-refractivity contribution in [3.63, 3.8) is 0 Å². The molecular weight excluding hydrogens is 294 g/mol. The molecule has 0 aliphatic carbocycles. The Balaban J connectivity index is 2.11. The van der Waals surface area contributed by atoms with E-state index in [0.717, 1.165) is 0 Å². The highest BCUT2D eigenvalue weighted by Gasteiger charge is 2.18. The minimum atomic E-state index is -1.07. The van der Waals surface area contributed by atoms with Crippen LogP contribution in [-0.2, 0) is 4.79 Å². The lowest BCUT2D eigenvalue weighted by atomic mass is 10.0. The van der Waals surface area contributed by atoms with Crippen LogP contribution in [0.2, 0.25) is 5.15 Å². The van der Waals surface area contributed by atoms with Crippen molar-refractivity contribution in [3.05, 3.63) is 35.1 Å². The highest BCUT2D eigenvalue weighted by Crippen LogP contribution is 2.22. The maximum absolute atomic E-state index is 10.8. The monoisotopic (exact) mass is 309 g/mol. The lowest BCUT2D eigenvalue weighted by Crippen LogP contribution is -2.27. The molecule has 1 aromatic carbocycles. The van der Waals surface area contributed by atoms with Gasteiger partial charge < -0.3 is 15.5 Å². The molecule has 0 fully saturated rings. The number of nitrogens with zero attached hydrogens (tertiary/aromatic N) is 2. The summed E-state index contributed by atoms with van der Waals surface area (Å²) in [4.78, 5) is 19.0. The van der Waals surface area contributed by atoms with Crippen LogP contribution in [0, 0.1) is 0 Å². The topological polar surface area (TPSA) is 95.3 Å². The number of halogens is 1. The second-order valence-electron chi connectivity index (χ2n) is 4.72. The molecule has 1 aromatic heterocycles. The third kappa shape index (κ3) is 4.10. The van der Waals surface area contributed by atoms with Crippen LogP contribution in [0.4, 0.5) is 0 Å². The Morgan fingerprint density at radius 3 is 2.86 bits per heavy atom. The maximum Gasteiger partial charge on any atom is 0.216 e. The zero-order valence-corrected chi connectivity index (χ0v) is 12.2. The van der Waals surface area contributed by atoms with E-state index in [2.05, 4.69) is 15.3 Å². The lowest BCUT2D eigenvalue weighted by Gasteiger charge is -2.18. The van der Waals surface area contributed by atoms with E-state index in [1.807, 2.05) is 0 Å². The number of amides is 1. The number of nitrogens with one attached hydrogen (secondary N) is 1. The van der Waals surface area contributed by atoms with Crippen molar-refractivity contribution in [2.75, 3.05) is 6.54 Å². The van der Waals surface area contributed by atoms with Crippen LogP contribution in [0.15, 0.2) is 24.4 Å². The van der Waals surface area contributed by atoms with Gasteiger partial charge in [-0.3, -0.25) is 9.78 Å². The molecule has 0 radical (unpaired) electrons. The molecule has 6 nitrogen and oxygen atoms in total. The summed E-state index contributed by atoms with van der Waals surface area (Å²) in [6.07, 6.45) is -0.354. The molecule has 2 rings (SSSR count). The molecule has 2 aromatic rings. The van der Waals surface area contributed by atoms with Crippen LogP contribution in [0.5, 0.6) is 0 Å². The third-order valence-corrected chi connectivity index (χ3v) is 3.24. The summed E-state index contributed by atoms with van der Waals surface area (Å²) in [6.45, 7) is 1.70. The van der Waals surface area contributed by atoms with Gasteiger partial charge in [0.1, 0.15) is 11.3 Å². The van der Waals surface area contributed by atoms with Crippen molar-refractivity contribution in [2.45, 2.75) is 25.6 Å². The van der Waals surface area contributed by atoms with Crippen LogP contribution < -0.4 is 5.32 Å². The molecule has 0 aliphatic rings. The second kappa shape index (κ2) is 6.80. The van der Waals surface area contributed by atoms with Gasteiger partial charge in [-0.15, -0.1) is 0 Å². The zero-order chi connectivity index (χ0) is 15.4. The van der Waals surface area contributed by atoms with Crippen LogP contribution in [-0.4, -0.2) is 38.7 Å². The smallest absolute Gasteiger partial charge is 0.216 e. The molecule has 2 unspecified atom stereocenters. The van der Waals surface area contributed by atoms with Gasteiger partial charge in [-0.05, 0) is 24.1 Å². The SMILES string of the molecule is CC(=O)NCCC(O)C(O)c1ccc2ncc(Cl)nc2c1. The van der Waals surface area contributed by atoms with E-state index < -0.39 is 12.2 Å². The first-order chi connectivity index (χ1) is 9.97. The van der Waals surface area contributed by atoms with Crippen molar-refractivity contribution in [3.8, 4) is 0 Å². The molecule has 0 bridgehead atoms. The summed E-state index contributed by atoms with van der Waals surface area (Å²) in [5.41, 5.74) is 1.73. The largest absolute Gasteiger partial charge is 0.390 e. The Labute approximate surface area is 126 Å². The van der Waals surface area contributed by atoms with Crippen molar-refractivity contribution in [2.24, 2.45) is 0 Å². The van der Waals surface area contributed by atoms with Gasteiger partial charge in [-0.25, -0.2) is 4.98 Å². The summed E-state index contributed by atoms with van der Waals surface area (Å²) < 4.78 is 0. The van der Waals surface area contributed by atoms with Gasteiger partial charge in [0.2, 0.25) is 5.91 Å². The molecule has 0 aliphatic heterocycles. The molecule has 1 amide bonds. The Morgan fingerprint density at radius 1 is 1.38 bits per heavy atom. The number of rotatable bonds is 5. The van der Waals surface area contributed by atoms with Gasteiger partial charge in [0.25, 0.3) is 0 Å². The quantitative estimate of drug-likeness (QED) is 0.771. The standard InChI is InChI=1S/C14H16ClN3O3/c1-8(19)16-5-4-12(20)14(21)9-2-3-10-11(6-9)18-13(15)7-17-10/h2-3,6-7,12,14,20-21H,4-5H2,1H3,(H,16,19). The fourth-order valence-corrected chi connectivity index (χ4v) is 2.11. The molecule has 0 saturated heterocycles. The average Bonchev–Trinajstić information content (AvgIpc) is 2.45. The third-order valence-electron chi connectivity index (χ3n) is 3.06. The first-order valence-corrected chi connectivity index (χ1v) is 6.88. The van der Waals surface area contributed by atoms with Crippen LogP contribution >= 0.6 is 11.6 Å². The summed E-state index contributed by atoms with van der Waals surface area (Å²) in [6, 6.07) is 5.02. The minimum Gasteiger partial charge on any atom is -0.390 e. The minimum absolute atomic E-state index is 0.174. The molecule has 112 valence electrons. The van der Waals surface area contributed by atoms with E-state index in [1.54, 1.807) is 18.2 Å². The number of aromatic nitrogens is 2. The van der Waals surface area contributed by atoms with Gasteiger partial charge >= 0.3 is 0 Å². The number of hydrogen-bond acceptors (Lipinski definition) is 5. The molecule has 3 N–H and O–H groups in total. The summed E-state index contributed by atoms with van der Waals surface area (Å²) in [7, 11) is 0. The predicted molar refractivity (Wildman–Crippen MR) is 78.8 cm³/mol. The van der Waals surface area contributed by atoms with Gasteiger partial charge in [0.15, 0.2) is 0 Å². The number of hydrogen-bond donors (Lipinski definition) is 3. The molecule has 2 atom stereocenters. The van der Waals surface area contributed by atoms with Gasteiger partial charge in [-0.2, -0.15) is 0 Å². The number of fused-ring (bicyclic) bond motifs is 1. The Morgan fingerprint density at radius 2 is 2.14 bits per heavy atom. The summed E-state index contributed by atoms with van der Waals surface area (Å²) in [5, 5.41) is 22.9. The normalized spacial score (nSPS) is 13.9. The fourth-order valence-electron chi connectivity index (χ4n) is 1.97. The first kappa shape index (κ1) is 15.6. The zero-order valence-electron chi connectivity index (χ0n) is 11.5. The highest BCUT2D eigenvalue weighted by molar-refractivity contribution is 6.29. The summed E-state index contributed by atoms with van der Waals surface area (Å²) in [5.74, 6) is -0.174. The predicted octanol–water partition coefficient (Wildman–Crippen LogP) is 1.20. The van der Waals surface area contributed by atoms with Crippen molar-refractivity contribution < 1.29 is 15.0 Å². The molecule has 0 spiro atoms. The van der Waals surface area contributed by atoms with E-state index in [1.165, 1.54) is 13.1 Å². The fraction of sp³-hybridized carbons (Fsp3) is 0.357. The Hall–Kier alpha value is -1.76. The van der Waals surface area contributed by atoms with E-state index in [-0.39, 0.29) is 17.5 Å². The van der Waals surface area contributed by atoms with Crippen molar-refractivity contribution >= 4 is 28.5 Å². The highest BCUT2D eigenvalue weighted by atomic mass is 35.5. The lowest BCUT2D eigenvalue weighted by molar-refractivity contribution is -0.119. The number of carbonyl (C=O) groups is 1. The van der Waals surface area contributed by atoms with Gasteiger partial charge in [-0.1, -0.05) is 17.7 Å². The van der Waals surface area contributed by atoms with E-state index in [9.17, 15) is 15.0 Å². The Bertz CT molecular complexity index is 650.